The highest BCUT2D eigenvalue weighted by atomic mass is 16.3. The van der Waals surface area contributed by atoms with E-state index in [0.717, 1.165) is 11.6 Å². The smallest absolute Gasteiger partial charge is 0.166 e. The van der Waals surface area contributed by atoms with Gasteiger partial charge in [0.1, 0.15) is 51.6 Å². The molecule has 3 atom stereocenters. The van der Waals surface area contributed by atoms with Crippen LogP contribution in [0.5, 0.6) is 40.2 Å². The molecule has 6 rings (SSSR count). The minimum atomic E-state index is -0.516. The second kappa shape index (κ2) is 10.9. The normalized spacial score (nSPS) is 18.3. The van der Waals surface area contributed by atoms with Gasteiger partial charge < -0.3 is 40.2 Å². The maximum Gasteiger partial charge on any atom is 0.166 e. The lowest BCUT2D eigenvalue weighted by Crippen LogP contribution is -2.27. The van der Waals surface area contributed by atoms with Gasteiger partial charge in [-0.05, 0) is 73.2 Å². The lowest BCUT2D eigenvalue weighted by Gasteiger charge is -2.38. The van der Waals surface area contributed by atoms with E-state index in [-0.39, 0.29) is 58.0 Å². The van der Waals surface area contributed by atoms with Crippen molar-refractivity contribution in [3.63, 3.8) is 0 Å². The number of carbonyl (C=O) groups excluding carboxylic acids is 1. The second-order valence-corrected chi connectivity index (χ2v) is 11.4. The SMILES string of the molecule is CC1=CC(c2cc3cc(-c4cc(O)cc(O)c4)oc3cc2O)C(CC(=O)c2ccc(O)cc2O)C(c2ccc(O)cc2O)C1. The molecule has 5 aromatic rings. The molecular formula is C35H30O9. The topological polar surface area (TPSA) is 172 Å². The van der Waals surface area contributed by atoms with E-state index in [1.165, 1.54) is 48.5 Å². The van der Waals surface area contributed by atoms with Gasteiger partial charge in [-0.1, -0.05) is 17.7 Å². The van der Waals surface area contributed by atoms with Crippen molar-refractivity contribution in [3.05, 3.63) is 101 Å². The molecule has 0 bridgehead atoms. The molecule has 0 fully saturated rings. The molecule has 0 amide bonds. The molecular weight excluding hydrogens is 564 g/mol. The first-order valence-electron chi connectivity index (χ1n) is 14.0. The van der Waals surface area contributed by atoms with Crippen molar-refractivity contribution in [2.24, 2.45) is 5.92 Å². The number of carbonyl (C=O) groups is 1. The molecule has 224 valence electrons. The van der Waals surface area contributed by atoms with Crippen LogP contribution >= 0.6 is 0 Å². The van der Waals surface area contributed by atoms with Gasteiger partial charge in [-0.15, -0.1) is 0 Å². The first-order chi connectivity index (χ1) is 21.0. The van der Waals surface area contributed by atoms with Crippen LogP contribution in [-0.4, -0.2) is 41.5 Å². The number of hydrogen-bond acceptors (Lipinski definition) is 9. The summed E-state index contributed by atoms with van der Waals surface area (Å²) in [4.78, 5) is 13.6. The van der Waals surface area contributed by atoms with Gasteiger partial charge in [0.15, 0.2) is 5.78 Å². The Morgan fingerprint density at radius 2 is 1.39 bits per heavy atom. The zero-order chi connectivity index (χ0) is 31.3. The van der Waals surface area contributed by atoms with Gasteiger partial charge in [-0.3, -0.25) is 4.79 Å². The standard InChI is InChI=1S/C35H30O9/c1-17-6-26(24-4-2-20(36)13-30(24)40)28(15-32(42)25-5-3-21(37)14-31(25)41)27(7-17)29-10-19-11-34(44-35(19)16-33(29)43)18-8-22(38)12-23(39)9-18/h2-5,7-14,16,26-28,36-41,43H,6,15H2,1H3. The summed E-state index contributed by atoms with van der Waals surface area (Å²) in [5, 5.41) is 72.8. The predicted octanol–water partition coefficient (Wildman–Crippen LogP) is 7.15. The molecule has 0 radical (unpaired) electrons. The Labute approximate surface area is 251 Å². The summed E-state index contributed by atoms with van der Waals surface area (Å²) >= 11 is 0. The van der Waals surface area contributed by atoms with Crippen LogP contribution in [0.1, 0.15) is 53.1 Å². The van der Waals surface area contributed by atoms with Crippen molar-refractivity contribution in [1.82, 2.24) is 0 Å². The summed E-state index contributed by atoms with van der Waals surface area (Å²) < 4.78 is 5.94. The van der Waals surface area contributed by atoms with Crippen LogP contribution in [0.4, 0.5) is 0 Å². The number of allylic oxidation sites excluding steroid dienone is 2. The Hall–Kier alpha value is -5.57. The number of hydrogen-bond donors (Lipinski definition) is 7. The van der Waals surface area contributed by atoms with Gasteiger partial charge in [-0.2, -0.15) is 0 Å². The van der Waals surface area contributed by atoms with Gasteiger partial charge in [0.25, 0.3) is 0 Å². The number of Topliss-reactive ketones (excluding diaryl/α,β-unsaturated/α-hetero) is 1. The third-order valence-electron chi connectivity index (χ3n) is 8.31. The molecule has 0 spiro atoms. The van der Waals surface area contributed by atoms with Gasteiger partial charge in [0.2, 0.25) is 0 Å². The molecule has 1 aliphatic carbocycles. The summed E-state index contributed by atoms with van der Waals surface area (Å²) in [6.45, 7) is 1.93. The van der Waals surface area contributed by atoms with Crippen LogP contribution in [0.2, 0.25) is 0 Å². The Balaban J connectivity index is 1.46. The number of phenolic OH excluding ortho intramolecular Hbond substituents is 7. The van der Waals surface area contributed by atoms with Crippen LogP contribution in [0.3, 0.4) is 0 Å². The quantitative estimate of drug-likeness (QED) is 0.0796. The Kier molecular flexibility index (Phi) is 7.09. The Morgan fingerprint density at radius 3 is 2.07 bits per heavy atom. The van der Waals surface area contributed by atoms with Crippen LogP contribution in [0.25, 0.3) is 22.3 Å². The second-order valence-electron chi connectivity index (χ2n) is 11.4. The van der Waals surface area contributed by atoms with E-state index in [9.17, 15) is 40.5 Å². The van der Waals surface area contributed by atoms with Crippen molar-refractivity contribution in [2.75, 3.05) is 0 Å². The van der Waals surface area contributed by atoms with Crippen LogP contribution < -0.4 is 0 Å². The molecule has 0 saturated heterocycles. The summed E-state index contributed by atoms with van der Waals surface area (Å²) in [5.41, 5.74) is 2.85. The Morgan fingerprint density at radius 1 is 0.727 bits per heavy atom. The minimum Gasteiger partial charge on any atom is -0.508 e. The number of benzene rings is 4. The maximum absolute atomic E-state index is 13.6. The fraction of sp³-hybridized carbons (Fsp3) is 0.171. The lowest BCUT2D eigenvalue weighted by atomic mass is 9.66. The predicted molar refractivity (Wildman–Crippen MR) is 162 cm³/mol. The molecule has 4 aromatic carbocycles. The number of phenols is 7. The van der Waals surface area contributed by atoms with Crippen LogP contribution in [-0.2, 0) is 0 Å². The van der Waals surface area contributed by atoms with Crippen molar-refractivity contribution < 1.29 is 45.0 Å². The van der Waals surface area contributed by atoms with E-state index in [4.69, 9.17) is 4.42 Å². The van der Waals surface area contributed by atoms with E-state index in [0.29, 0.717) is 39.8 Å². The lowest BCUT2D eigenvalue weighted by molar-refractivity contribution is 0.0943. The first-order valence-corrected chi connectivity index (χ1v) is 14.0. The van der Waals surface area contributed by atoms with Gasteiger partial charge >= 0.3 is 0 Å². The average molecular weight is 595 g/mol. The van der Waals surface area contributed by atoms with E-state index in [1.807, 2.05) is 13.0 Å². The summed E-state index contributed by atoms with van der Waals surface area (Å²) in [5.74, 6) is -2.57. The fourth-order valence-electron chi connectivity index (χ4n) is 6.34. The largest absolute Gasteiger partial charge is 0.508 e. The molecule has 9 nitrogen and oxygen atoms in total. The molecule has 0 saturated carbocycles. The average Bonchev–Trinajstić information content (AvgIpc) is 3.36. The van der Waals surface area contributed by atoms with E-state index in [1.54, 1.807) is 18.2 Å². The highest BCUT2D eigenvalue weighted by Crippen LogP contribution is 2.51. The number of ketones is 1. The van der Waals surface area contributed by atoms with E-state index >= 15 is 0 Å². The molecule has 44 heavy (non-hydrogen) atoms. The number of furan rings is 1. The third kappa shape index (κ3) is 5.35. The Bertz CT molecular complexity index is 1930. The summed E-state index contributed by atoms with van der Waals surface area (Å²) in [7, 11) is 0. The summed E-state index contributed by atoms with van der Waals surface area (Å²) in [6.07, 6.45) is 2.40. The van der Waals surface area contributed by atoms with Crippen molar-refractivity contribution >= 4 is 16.8 Å². The molecule has 1 heterocycles. The fourth-order valence-corrected chi connectivity index (χ4v) is 6.34. The maximum atomic E-state index is 13.6. The minimum absolute atomic E-state index is 0.0371. The van der Waals surface area contributed by atoms with Gasteiger partial charge in [0, 0.05) is 53.1 Å². The molecule has 1 aromatic heterocycles. The van der Waals surface area contributed by atoms with E-state index in [2.05, 4.69) is 0 Å². The first kappa shape index (κ1) is 28.5. The van der Waals surface area contributed by atoms with Crippen molar-refractivity contribution in [2.45, 2.75) is 31.6 Å². The number of aromatic hydroxyl groups is 7. The van der Waals surface area contributed by atoms with Gasteiger partial charge in [0.05, 0.1) is 5.56 Å². The molecule has 0 aliphatic heterocycles. The van der Waals surface area contributed by atoms with Crippen molar-refractivity contribution in [1.29, 1.82) is 0 Å². The number of fused-ring (bicyclic) bond motifs is 1. The monoisotopic (exact) mass is 594 g/mol. The summed E-state index contributed by atoms with van der Waals surface area (Å²) in [6, 6.07) is 17.2. The van der Waals surface area contributed by atoms with E-state index < -0.39 is 17.8 Å². The highest BCUT2D eigenvalue weighted by Gasteiger charge is 2.38. The van der Waals surface area contributed by atoms with Crippen molar-refractivity contribution in [3.8, 4) is 51.6 Å². The number of rotatable bonds is 6. The highest BCUT2D eigenvalue weighted by molar-refractivity contribution is 5.99. The zero-order valence-corrected chi connectivity index (χ0v) is 23.6. The molecule has 7 N–H and O–H groups in total. The molecule has 9 heteroatoms. The molecule has 3 unspecified atom stereocenters. The molecule has 1 aliphatic rings. The zero-order valence-electron chi connectivity index (χ0n) is 23.6. The third-order valence-corrected chi connectivity index (χ3v) is 8.31. The van der Waals surface area contributed by atoms with Crippen LogP contribution in [0, 0.1) is 5.92 Å². The van der Waals surface area contributed by atoms with Crippen LogP contribution in [0.15, 0.2) is 88.9 Å². The van der Waals surface area contributed by atoms with Gasteiger partial charge in [-0.25, -0.2) is 0 Å².